The van der Waals surface area contributed by atoms with Crippen molar-refractivity contribution in [3.05, 3.63) is 62.0 Å². The summed E-state index contributed by atoms with van der Waals surface area (Å²) < 4.78 is 13.8. The van der Waals surface area contributed by atoms with E-state index < -0.39 is 16.9 Å². The van der Waals surface area contributed by atoms with Crippen LogP contribution >= 0.6 is 0 Å². The second-order valence-electron chi connectivity index (χ2n) is 4.53. The standard InChI is InChI=1S/C14H8FN5O2/c1-7-12(21)20-13(22)10(6-16)11(17-14(20)19-18-7)8-2-4-9(15)5-3-8/h2-5H,1H3,(H,17,19). The van der Waals surface area contributed by atoms with Crippen molar-refractivity contribution in [3.8, 4) is 17.3 Å². The van der Waals surface area contributed by atoms with Crippen molar-refractivity contribution in [2.24, 2.45) is 0 Å². The van der Waals surface area contributed by atoms with Crippen molar-refractivity contribution in [1.82, 2.24) is 19.6 Å². The molecule has 3 aromatic rings. The highest BCUT2D eigenvalue weighted by Gasteiger charge is 2.17. The fraction of sp³-hybridized carbons (Fsp3) is 0.0714. The summed E-state index contributed by atoms with van der Waals surface area (Å²) in [5, 5.41) is 15.5. The van der Waals surface area contributed by atoms with Crippen LogP contribution in [-0.4, -0.2) is 19.6 Å². The SMILES string of the molecule is Cc1n[nH]c2nc(-c3ccc(F)cc3)c(C#N)c(=O)n2c1=O. The highest BCUT2D eigenvalue weighted by molar-refractivity contribution is 5.67. The number of nitriles is 1. The molecule has 1 N–H and O–H groups in total. The number of rotatable bonds is 1. The highest BCUT2D eigenvalue weighted by Crippen LogP contribution is 2.19. The van der Waals surface area contributed by atoms with Gasteiger partial charge in [0.15, 0.2) is 0 Å². The maximum atomic E-state index is 13.0. The van der Waals surface area contributed by atoms with E-state index in [0.717, 1.165) is 4.40 Å². The number of benzene rings is 1. The summed E-state index contributed by atoms with van der Waals surface area (Å²) in [7, 11) is 0. The van der Waals surface area contributed by atoms with Gasteiger partial charge in [-0.3, -0.25) is 9.59 Å². The zero-order valence-corrected chi connectivity index (χ0v) is 11.3. The number of aryl methyl sites for hydroxylation is 1. The van der Waals surface area contributed by atoms with Crippen LogP contribution in [0.3, 0.4) is 0 Å². The normalized spacial score (nSPS) is 10.6. The maximum Gasteiger partial charge on any atom is 0.283 e. The van der Waals surface area contributed by atoms with Crippen LogP contribution in [0.1, 0.15) is 11.3 Å². The number of nitrogens with one attached hydrogen (secondary N) is 1. The molecule has 0 atom stereocenters. The van der Waals surface area contributed by atoms with Gasteiger partial charge in [0.2, 0.25) is 5.78 Å². The largest absolute Gasteiger partial charge is 0.283 e. The zero-order valence-electron chi connectivity index (χ0n) is 11.3. The third-order valence-electron chi connectivity index (χ3n) is 3.15. The first-order valence-electron chi connectivity index (χ1n) is 6.21. The predicted molar refractivity (Wildman–Crippen MR) is 74.7 cm³/mol. The van der Waals surface area contributed by atoms with E-state index in [1.165, 1.54) is 31.2 Å². The number of nitrogens with zero attached hydrogens (tertiary/aromatic N) is 4. The Bertz CT molecular complexity index is 1040. The minimum absolute atomic E-state index is 0.0637. The molecular formula is C14H8FN5O2. The van der Waals surface area contributed by atoms with Crippen LogP contribution in [-0.2, 0) is 0 Å². The van der Waals surface area contributed by atoms with Gasteiger partial charge < -0.3 is 0 Å². The molecule has 0 saturated carbocycles. The molecule has 0 aliphatic heterocycles. The van der Waals surface area contributed by atoms with Crippen LogP contribution in [0.15, 0.2) is 33.9 Å². The Morgan fingerprint density at radius 2 is 1.91 bits per heavy atom. The Hall–Kier alpha value is -3.34. The molecule has 2 heterocycles. The average Bonchev–Trinajstić information content (AvgIpc) is 2.51. The molecule has 0 unspecified atom stereocenters. The van der Waals surface area contributed by atoms with Gasteiger partial charge in [0, 0.05) is 5.56 Å². The monoisotopic (exact) mass is 297 g/mol. The minimum atomic E-state index is -0.793. The molecule has 0 saturated heterocycles. The fourth-order valence-electron chi connectivity index (χ4n) is 2.05. The first kappa shape index (κ1) is 13.6. The second kappa shape index (κ2) is 4.89. The van der Waals surface area contributed by atoms with E-state index in [4.69, 9.17) is 0 Å². The number of hydrogen-bond acceptors (Lipinski definition) is 5. The first-order chi connectivity index (χ1) is 10.5. The molecule has 0 radical (unpaired) electrons. The molecule has 0 bridgehead atoms. The summed E-state index contributed by atoms with van der Waals surface area (Å²) in [6.07, 6.45) is 0. The maximum absolute atomic E-state index is 13.0. The van der Waals surface area contributed by atoms with Gasteiger partial charge in [-0.05, 0) is 31.2 Å². The molecular weight excluding hydrogens is 289 g/mol. The number of aromatic amines is 1. The summed E-state index contributed by atoms with van der Waals surface area (Å²) in [6.45, 7) is 1.44. The molecule has 0 amide bonds. The first-order valence-corrected chi connectivity index (χ1v) is 6.21. The Morgan fingerprint density at radius 1 is 1.23 bits per heavy atom. The van der Waals surface area contributed by atoms with Gasteiger partial charge in [-0.15, -0.1) is 0 Å². The molecule has 0 fully saturated rings. The number of aromatic nitrogens is 4. The summed E-state index contributed by atoms with van der Waals surface area (Å²) in [5.74, 6) is -0.538. The summed E-state index contributed by atoms with van der Waals surface area (Å²) in [5.41, 5.74) is -1.20. The number of H-pyrrole nitrogens is 1. The molecule has 22 heavy (non-hydrogen) atoms. The van der Waals surface area contributed by atoms with E-state index in [0.29, 0.717) is 5.56 Å². The van der Waals surface area contributed by atoms with Gasteiger partial charge >= 0.3 is 0 Å². The highest BCUT2D eigenvalue weighted by atomic mass is 19.1. The van der Waals surface area contributed by atoms with Crippen molar-refractivity contribution in [2.45, 2.75) is 6.92 Å². The summed E-state index contributed by atoms with van der Waals surface area (Å²) >= 11 is 0. The zero-order chi connectivity index (χ0) is 15.9. The summed E-state index contributed by atoms with van der Waals surface area (Å²) in [4.78, 5) is 28.5. The number of halogens is 1. The number of fused-ring (bicyclic) bond motifs is 1. The van der Waals surface area contributed by atoms with Crippen molar-refractivity contribution in [3.63, 3.8) is 0 Å². The van der Waals surface area contributed by atoms with E-state index in [1.807, 2.05) is 0 Å². The van der Waals surface area contributed by atoms with Crippen molar-refractivity contribution >= 4 is 5.78 Å². The van der Waals surface area contributed by atoms with E-state index >= 15 is 0 Å². The van der Waals surface area contributed by atoms with Crippen molar-refractivity contribution in [2.75, 3.05) is 0 Å². The molecule has 0 spiro atoms. The molecule has 0 aliphatic carbocycles. The lowest BCUT2D eigenvalue weighted by Crippen LogP contribution is -2.32. The topological polar surface area (TPSA) is 104 Å². The van der Waals surface area contributed by atoms with E-state index in [2.05, 4.69) is 15.2 Å². The Morgan fingerprint density at radius 3 is 2.55 bits per heavy atom. The second-order valence-corrected chi connectivity index (χ2v) is 4.53. The smallest absolute Gasteiger partial charge is 0.267 e. The Labute approximate surface area is 122 Å². The molecule has 3 rings (SSSR count). The lowest BCUT2D eigenvalue weighted by atomic mass is 10.1. The molecule has 7 nitrogen and oxygen atoms in total. The summed E-state index contributed by atoms with van der Waals surface area (Å²) in [6, 6.07) is 6.93. The van der Waals surface area contributed by atoms with Crippen LogP contribution < -0.4 is 11.1 Å². The Balaban J connectivity index is 2.45. The lowest BCUT2D eigenvalue weighted by Gasteiger charge is -2.06. The number of hydrogen-bond donors (Lipinski definition) is 1. The average molecular weight is 297 g/mol. The van der Waals surface area contributed by atoms with E-state index in [-0.39, 0.29) is 22.7 Å². The third kappa shape index (κ3) is 1.96. The van der Waals surface area contributed by atoms with Crippen molar-refractivity contribution < 1.29 is 4.39 Å². The van der Waals surface area contributed by atoms with E-state index in [1.54, 1.807) is 6.07 Å². The van der Waals surface area contributed by atoms with Crippen LogP contribution in [0.2, 0.25) is 0 Å². The van der Waals surface area contributed by atoms with Crippen LogP contribution in [0.25, 0.3) is 17.0 Å². The van der Waals surface area contributed by atoms with Crippen LogP contribution in [0, 0.1) is 24.1 Å². The van der Waals surface area contributed by atoms with Gasteiger partial charge in [-0.1, -0.05) is 0 Å². The third-order valence-corrected chi connectivity index (χ3v) is 3.15. The van der Waals surface area contributed by atoms with Gasteiger partial charge in [0.05, 0.1) is 5.69 Å². The quantitative estimate of drug-likeness (QED) is 0.714. The van der Waals surface area contributed by atoms with Gasteiger partial charge in [-0.25, -0.2) is 18.9 Å². The predicted octanol–water partition coefficient (Wildman–Crippen LogP) is 0.764. The van der Waals surface area contributed by atoms with E-state index in [9.17, 15) is 19.2 Å². The Kier molecular flexibility index (Phi) is 3.03. The minimum Gasteiger partial charge on any atom is -0.267 e. The fourth-order valence-corrected chi connectivity index (χ4v) is 2.05. The molecule has 0 aliphatic rings. The molecule has 2 aromatic heterocycles. The molecule has 8 heteroatoms. The van der Waals surface area contributed by atoms with Gasteiger partial charge in [0.1, 0.15) is 23.1 Å². The van der Waals surface area contributed by atoms with Crippen LogP contribution in [0.4, 0.5) is 4.39 Å². The molecule has 1 aromatic carbocycles. The molecule has 108 valence electrons. The van der Waals surface area contributed by atoms with Gasteiger partial charge in [-0.2, -0.15) is 10.4 Å². The van der Waals surface area contributed by atoms with Crippen LogP contribution in [0.5, 0.6) is 0 Å². The van der Waals surface area contributed by atoms with Gasteiger partial charge in [0.25, 0.3) is 11.1 Å². The van der Waals surface area contributed by atoms with Crippen molar-refractivity contribution in [1.29, 1.82) is 5.26 Å². The lowest BCUT2D eigenvalue weighted by molar-refractivity contribution is 0.628.